The van der Waals surface area contributed by atoms with E-state index in [-0.39, 0.29) is 17.5 Å². The second-order valence-corrected chi connectivity index (χ2v) is 6.16. The predicted molar refractivity (Wildman–Crippen MR) is 89.2 cm³/mol. The van der Waals surface area contributed by atoms with Gasteiger partial charge < -0.3 is 10.1 Å². The maximum Gasteiger partial charge on any atom is 0.273 e. The Hall–Kier alpha value is -1.92. The molecule has 1 N–H and O–H groups in total. The number of allylic oxidation sites excluding steroid dienone is 1. The van der Waals surface area contributed by atoms with E-state index in [0.29, 0.717) is 11.8 Å². The molecule has 0 radical (unpaired) electrons. The lowest BCUT2D eigenvalue weighted by Crippen LogP contribution is -2.20. The predicted octanol–water partition coefficient (Wildman–Crippen LogP) is 3.77. The van der Waals surface area contributed by atoms with Gasteiger partial charge in [0.1, 0.15) is 5.69 Å². The number of nitrogens with zero attached hydrogens (tertiary/aromatic N) is 2. The molecule has 1 aromatic rings. The van der Waals surface area contributed by atoms with Gasteiger partial charge >= 0.3 is 0 Å². The number of alkyl halides is 2. The van der Waals surface area contributed by atoms with Crippen LogP contribution in [0.25, 0.3) is 0 Å². The molecule has 0 aliphatic heterocycles. The first kappa shape index (κ1) is 20.1. The van der Waals surface area contributed by atoms with Crippen LogP contribution >= 0.6 is 0 Å². The lowest BCUT2D eigenvalue weighted by atomic mass is 9.93. The molecule has 136 valence electrons. The molecule has 0 aliphatic rings. The first-order valence-electron chi connectivity index (χ1n) is 8.24. The summed E-state index contributed by atoms with van der Waals surface area (Å²) in [6.07, 6.45) is 4.17. The average molecular weight is 343 g/mol. The van der Waals surface area contributed by atoms with Gasteiger partial charge in [-0.3, -0.25) is 9.48 Å². The van der Waals surface area contributed by atoms with Crippen LogP contribution in [-0.4, -0.2) is 28.7 Å². The third kappa shape index (κ3) is 7.10. The number of ether oxygens (including phenoxy) is 1. The Kier molecular flexibility index (Phi) is 8.43. The Bertz CT molecular complexity index is 544. The van der Waals surface area contributed by atoms with Gasteiger partial charge in [-0.25, -0.2) is 8.78 Å². The minimum Gasteiger partial charge on any atom is -0.471 e. The summed E-state index contributed by atoms with van der Waals surface area (Å²) in [7, 11) is 1.56. The van der Waals surface area contributed by atoms with Crippen LogP contribution in [0.2, 0.25) is 0 Å². The Balaban J connectivity index is 2.46. The summed E-state index contributed by atoms with van der Waals surface area (Å²) < 4.78 is 30.3. The number of rotatable bonds is 10. The fourth-order valence-electron chi connectivity index (χ4n) is 2.33. The lowest BCUT2D eigenvalue weighted by molar-refractivity contribution is 0.0792. The summed E-state index contributed by atoms with van der Waals surface area (Å²) in [5, 5.41) is 6.53. The monoisotopic (exact) mass is 343 g/mol. The molecule has 2 unspecified atom stereocenters. The minimum absolute atomic E-state index is 0.00843. The van der Waals surface area contributed by atoms with E-state index in [0.717, 1.165) is 12.8 Å². The number of carbonyl (C=O) groups excluding carboxylic acids is 1. The molecule has 2 atom stereocenters. The van der Waals surface area contributed by atoms with E-state index < -0.39 is 13.0 Å². The molecule has 0 fully saturated rings. The standard InChI is InChI=1S/C17H27F2N3O2/c1-5-12(2)9-13(3)7-6-8-20-17(23)14-10-16(21-22(14)4)24-11-15(18)19/h6,8,10,12-13,15H,5,7,9,11H2,1-4H3,(H,20,23)/b8-6+. The molecule has 0 spiro atoms. The highest BCUT2D eigenvalue weighted by Gasteiger charge is 2.14. The molecular weight excluding hydrogens is 316 g/mol. The van der Waals surface area contributed by atoms with E-state index in [2.05, 4.69) is 31.2 Å². The molecule has 1 aromatic heterocycles. The Labute approximate surface area is 142 Å². The van der Waals surface area contributed by atoms with Crippen molar-refractivity contribution < 1.29 is 18.3 Å². The third-order valence-corrected chi connectivity index (χ3v) is 3.82. The van der Waals surface area contributed by atoms with Gasteiger partial charge in [0.15, 0.2) is 6.61 Å². The number of nitrogens with one attached hydrogen (secondary N) is 1. The van der Waals surface area contributed by atoms with Crippen molar-refractivity contribution in [3.8, 4) is 5.88 Å². The molecule has 24 heavy (non-hydrogen) atoms. The van der Waals surface area contributed by atoms with Crippen LogP contribution in [0.3, 0.4) is 0 Å². The van der Waals surface area contributed by atoms with Gasteiger partial charge in [0, 0.05) is 19.3 Å². The molecule has 0 saturated carbocycles. The number of hydrogen-bond acceptors (Lipinski definition) is 3. The van der Waals surface area contributed by atoms with Gasteiger partial charge in [-0.15, -0.1) is 5.10 Å². The summed E-state index contributed by atoms with van der Waals surface area (Å²) in [6, 6.07) is 1.34. The van der Waals surface area contributed by atoms with E-state index in [1.165, 1.54) is 17.2 Å². The van der Waals surface area contributed by atoms with Crippen molar-refractivity contribution in [2.24, 2.45) is 18.9 Å². The zero-order valence-electron chi connectivity index (χ0n) is 14.8. The summed E-state index contributed by atoms with van der Waals surface area (Å²) >= 11 is 0. The molecule has 1 heterocycles. The van der Waals surface area contributed by atoms with Gasteiger partial charge in [0.2, 0.25) is 5.88 Å². The van der Waals surface area contributed by atoms with Crippen molar-refractivity contribution in [1.29, 1.82) is 0 Å². The number of amides is 1. The first-order chi connectivity index (χ1) is 11.3. The summed E-state index contributed by atoms with van der Waals surface area (Å²) in [5.74, 6) is 0.903. The Morgan fingerprint density at radius 2 is 2.12 bits per heavy atom. The van der Waals surface area contributed by atoms with Crippen molar-refractivity contribution in [1.82, 2.24) is 15.1 Å². The van der Waals surface area contributed by atoms with Crippen LogP contribution < -0.4 is 10.1 Å². The van der Waals surface area contributed by atoms with Gasteiger partial charge in [0.25, 0.3) is 12.3 Å². The van der Waals surface area contributed by atoms with Crippen LogP contribution in [-0.2, 0) is 7.05 Å². The molecule has 0 bridgehead atoms. The minimum atomic E-state index is -2.58. The molecule has 7 heteroatoms. The second kappa shape index (κ2) is 10.1. The summed E-state index contributed by atoms with van der Waals surface area (Å²) in [6.45, 7) is 5.86. The van der Waals surface area contributed by atoms with Crippen molar-refractivity contribution in [2.45, 2.75) is 46.5 Å². The fourth-order valence-corrected chi connectivity index (χ4v) is 2.33. The maximum atomic E-state index is 12.1. The number of aryl methyl sites for hydroxylation is 1. The number of halogens is 2. The lowest BCUT2D eigenvalue weighted by Gasteiger charge is -2.13. The van der Waals surface area contributed by atoms with Crippen LogP contribution in [0, 0.1) is 11.8 Å². The van der Waals surface area contributed by atoms with Crippen molar-refractivity contribution in [2.75, 3.05) is 6.61 Å². The van der Waals surface area contributed by atoms with Crippen LogP contribution in [0.15, 0.2) is 18.3 Å². The number of aromatic nitrogens is 2. The van der Waals surface area contributed by atoms with Gasteiger partial charge in [-0.1, -0.05) is 33.3 Å². The van der Waals surface area contributed by atoms with E-state index in [1.54, 1.807) is 13.2 Å². The fraction of sp³-hybridized carbons (Fsp3) is 0.647. The average Bonchev–Trinajstić information content (AvgIpc) is 2.90. The zero-order chi connectivity index (χ0) is 18.1. The third-order valence-electron chi connectivity index (χ3n) is 3.82. The van der Waals surface area contributed by atoms with Gasteiger partial charge in [-0.05, 0) is 24.7 Å². The molecule has 0 aliphatic carbocycles. The van der Waals surface area contributed by atoms with Crippen LogP contribution in [0.5, 0.6) is 5.88 Å². The van der Waals surface area contributed by atoms with Gasteiger partial charge in [-0.2, -0.15) is 0 Å². The molecule has 1 amide bonds. The highest BCUT2D eigenvalue weighted by atomic mass is 19.3. The largest absolute Gasteiger partial charge is 0.471 e. The normalized spacial score (nSPS) is 14.1. The number of carbonyl (C=O) groups is 1. The van der Waals surface area contributed by atoms with Crippen molar-refractivity contribution >= 4 is 5.91 Å². The number of hydrogen-bond donors (Lipinski definition) is 1. The zero-order valence-corrected chi connectivity index (χ0v) is 14.8. The van der Waals surface area contributed by atoms with Crippen molar-refractivity contribution in [3.05, 3.63) is 24.0 Å². The molecular formula is C17H27F2N3O2. The van der Waals surface area contributed by atoms with E-state index in [4.69, 9.17) is 4.74 Å². The van der Waals surface area contributed by atoms with E-state index in [1.807, 2.05) is 6.08 Å². The summed E-state index contributed by atoms with van der Waals surface area (Å²) in [5.41, 5.74) is 0.247. The van der Waals surface area contributed by atoms with Crippen LogP contribution in [0.1, 0.15) is 50.5 Å². The smallest absolute Gasteiger partial charge is 0.273 e. The molecule has 0 saturated heterocycles. The Morgan fingerprint density at radius 1 is 1.42 bits per heavy atom. The van der Waals surface area contributed by atoms with E-state index in [9.17, 15) is 13.6 Å². The quantitative estimate of drug-likeness (QED) is 0.703. The Morgan fingerprint density at radius 3 is 2.75 bits per heavy atom. The SMILES string of the molecule is CCC(C)CC(C)C/C=C/NC(=O)c1cc(OCC(F)F)nn1C. The maximum absolute atomic E-state index is 12.1. The highest BCUT2D eigenvalue weighted by molar-refractivity contribution is 5.93. The van der Waals surface area contributed by atoms with Gasteiger partial charge in [0.05, 0.1) is 0 Å². The van der Waals surface area contributed by atoms with E-state index >= 15 is 0 Å². The molecule has 1 rings (SSSR count). The molecule has 5 nitrogen and oxygen atoms in total. The topological polar surface area (TPSA) is 56.1 Å². The molecule has 0 aromatic carbocycles. The van der Waals surface area contributed by atoms with Crippen molar-refractivity contribution in [3.63, 3.8) is 0 Å². The second-order valence-electron chi connectivity index (χ2n) is 6.16. The van der Waals surface area contributed by atoms with Crippen LogP contribution in [0.4, 0.5) is 8.78 Å². The highest BCUT2D eigenvalue weighted by Crippen LogP contribution is 2.17. The summed E-state index contributed by atoms with van der Waals surface area (Å²) in [4.78, 5) is 12.1. The first-order valence-corrected chi connectivity index (χ1v) is 8.24.